The lowest BCUT2D eigenvalue weighted by Gasteiger charge is -2.23. The maximum Gasteiger partial charge on any atom is 0.0558 e. The van der Waals surface area contributed by atoms with E-state index in [0.29, 0.717) is 6.04 Å². The van der Waals surface area contributed by atoms with Crippen molar-refractivity contribution in [1.29, 1.82) is 0 Å². The van der Waals surface area contributed by atoms with Gasteiger partial charge in [0.2, 0.25) is 0 Å². The number of rotatable bonds is 5. The molecule has 0 amide bonds. The lowest BCUT2D eigenvalue weighted by molar-refractivity contribution is 0.183. The first-order chi connectivity index (χ1) is 8.11. The Morgan fingerprint density at radius 3 is 2.24 bits per heavy atom. The number of nitrogens with zero attached hydrogens (tertiary/aromatic N) is 1. The van der Waals surface area contributed by atoms with Crippen LogP contribution in [0.25, 0.3) is 0 Å². The molecule has 1 fully saturated rings. The zero-order valence-corrected chi connectivity index (χ0v) is 11.2. The second-order valence-corrected chi connectivity index (χ2v) is 5.30. The quantitative estimate of drug-likeness (QED) is 0.845. The Bertz CT molecular complexity index is 373. The molecule has 0 heterocycles. The van der Waals surface area contributed by atoms with Crippen molar-refractivity contribution in [3.05, 3.63) is 34.4 Å². The van der Waals surface area contributed by atoms with Crippen LogP contribution < -0.4 is 0 Å². The fourth-order valence-electron chi connectivity index (χ4n) is 2.62. The normalized spacial score (nSPS) is 15.6. The standard InChI is InChI=1S/C15H23NO/c1-11-8-12(2)15(13(3)9-11)10-16(6-7-17)14-4-5-14/h8-9,14,17H,4-7,10H2,1-3H3. The molecule has 1 aliphatic carbocycles. The van der Waals surface area contributed by atoms with Crippen molar-refractivity contribution >= 4 is 0 Å². The molecule has 0 atom stereocenters. The van der Waals surface area contributed by atoms with E-state index in [1.807, 2.05) is 0 Å². The molecule has 0 radical (unpaired) electrons. The summed E-state index contributed by atoms with van der Waals surface area (Å²) < 4.78 is 0. The minimum absolute atomic E-state index is 0.264. The highest BCUT2D eigenvalue weighted by Crippen LogP contribution is 2.29. The summed E-state index contributed by atoms with van der Waals surface area (Å²) >= 11 is 0. The Kier molecular flexibility index (Phi) is 3.85. The number of aliphatic hydroxyl groups excluding tert-OH is 1. The van der Waals surface area contributed by atoms with Gasteiger partial charge in [-0.15, -0.1) is 0 Å². The Morgan fingerprint density at radius 2 is 1.76 bits per heavy atom. The highest BCUT2D eigenvalue weighted by Gasteiger charge is 2.28. The molecule has 1 aliphatic rings. The number of benzene rings is 1. The van der Waals surface area contributed by atoms with Crippen molar-refractivity contribution in [2.45, 2.75) is 46.2 Å². The zero-order chi connectivity index (χ0) is 12.4. The fourth-order valence-corrected chi connectivity index (χ4v) is 2.62. The van der Waals surface area contributed by atoms with Crippen LogP contribution in [0.4, 0.5) is 0 Å². The van der Waals surface area contributed by atoms with E-state index in [2.05, 4.69) is 37.8 Å². The second-order valence-electron chi connectivity index (χ2n) is 5.30. The molecule has 2 heteroatoms. The molecule has 0 saturated heterocycles. The van der Waals surface area contributed by atoms with Gasteiger partial charge in [-0.2, -0.15) is 0 Å². The summed E-state index contributed by atoms with van der Waals surface area (Å²) in [6, 6.07) is 5.22. The average molecular weight is 233 g/mol. The predicted molar refractivity (Wildman–Crippen MR) is 71.2 cm³/mol. The summed E-state index contributed by atoms with van der Waals surface area (Å²) in [4.78, 5) is 2.42. The summed E-state index contributed by atoms with van der Waals surface area (Å²) in [6.07, 6.45) is 2.59. The highest BCUT2D eigenvalue weighted by atomic mass is 16.3. The summed E-state index contributed by atoms with van der Waals surface area (Å²) in [5.41, 5.74) is 5.54. The van der Waals surface area contributed by atoms with Gasteiger partial charge in [0, 0.05) is 19.1 Å². The molecule has 0 aromatic heterocycles. The first-order valence-electron chi connectivity index (χ1n) is 6.53. The minimum atomic E-state index is 0.264. The molecular formula is C15H23NO. The smallest absolute Gasteiger partial charge is 0.0558 e. The fraction of sp³-hybridized carbons (Fsp3) is 0.600. The lowest BCUT2D eigenvalue weighted by atomic mass is 9.99. The van der Waals surface area contributed by atoms with Crippen molar-refractivity contribution in [3.63, 3.8) is 0 Å². The zero-order valence-electron chi connectivity index (χ0n) is 11.2. The van der Waals surface area contributed by atoms with E-state index in [9.17, 15) is 0 Å². The van der Waals surface area contributed by atoms with Gasteiger partial charge in [0.05, 0.1) is 6.61 Å². The van der Waals surface area contributed by atoms with E-state index in [4.69, 9.17) is 5.11 Å². The Balaban J connectivity index is 2.16. The molecule has 1 aromatic rings. The number of aliphatic hydroxyl groups is 1. The first kappa shape index (κ1) is 12.6. The molecule has 1 aromatic carbocycles. The van der Waals surface area contributed by atoms with Crippen molar-refractivity contribution < 1.29 is 5.11 Å². The van der Waals surface area contributed by atoms with Crippen molar-refractivity contribution in [1.82, 2.24) is 4.90 Å². The molecule has 94 valence electrons. The molecule has 1 saturated carbocycles. The van der Waals surface area contributed by atoms with E-state index >= 15 is 0 Å². The van der Waals surface area contributed by atoms with Crippen LogP contribution in [0.5, 0.6) is 0 Å². The molecular weight excluding hydrogens is 210 g/mol. The number of aryl methyl sites for hydroxylation is 3. The van der Waals surface area contributed by atoms with Crippen LogP contribution >= 0.6 is 0 Å². The van der Waals surface area contributed by atoms with Crippen LogP contribution in [0.3, 0.4) is 0 Å². The molecule has 2 nitrogen and oxygen atoms in total. The molecule has 1 N–H and O–H groups in total. The molecule has 0 unspecified atom stereocenters. The SMILES string of the molecule is Cc1cc(C)c(CN(CCO)C2CC2)c(C)c1. The van der Waals surface area contributed by atoms with Gasteiger partial charge in [0.15, 0.2) is 0 Å². The highest BCUT2D eigenvalue weighted by molar-refractivity contribution is 5.37. The third kappa shape index (κ3) is 3.08. The van der Waals surface area contributed by atoms with E-state index < -0.39 is 0 Å². The second kappa shape index (κ2) is 5.19. The third-order valence-electron chi connectivity index (χ3n) is 3.65. The van der Waals surface area contributed by atoms with E-state index in [-0.39, 0.29) is 6.61 Å². The van der Waals surface area contributed by atoms with Crippen molar-refractivity contribution in [2.75, 3.05) is 13.2 Å². The maximum atomic E-state index is 9.13. The topological polar surface area (TPSA) is 23.5 Å². The predicted octanol–water partition coefficient (Wildman–Crippen LogP) is 2.57. The minimum Gasteiger partial charge on any atom is -0.395 e. The monoisotopic (exact) mass is 233 g/mol. The van der Waals surface area contributed by atoms with Gasteiger partial charge in [-0.1, -0.05) is 17.7 Å². The van der Waals surface area contributed by atoms with Gasteiger partial charge in [-0.05, 0) is 50.3 Å². The van der Waals surface area contributed by atoms with Crippen LogP contribution in [0.1, 0.15) is 35.1 Å². The van der Waals surface area contributed by atoms with Gasteiger partial charge in [0.1, 0.15) is 0 Å². The van der Waals surface area contributed by atoms with Crippen LogP contribution in [-0.2, 0) is 6.54 Å². The Hall–Kier alpha value is -0.860. The van der Waals surface area contributed by atoms with Gasteiger partial charge >= 0.3 is 0 Å². The van der Waals surface area contributed by atoms with Gasteiger partial charge in [0.25, 0.3) is 0 Å². The van der Waals surface area contributed by atoms with Crippen LogP contribution in [0.15, 0.2) is 12.1 Å². The van der Waals surface area contributed by atoms with Gasteiger partial charge < -0.3 is 5.11 Å². The van der Waals surface area contributed by atoms with Gasteiger partial charge in [-0.25, -0.2) is 0 Å². The van der Waals surface area contributed by atoms with Crippen molar-refractivity contribution in [3.8, 4) is 0 Å². The molecule has 0 aliphatic heterocycles. The molecule has 2 rings (SSSR count). The lowest BCUT2D eigenvalue weighted by Crippen LogP contribution is -2.29. The van der Waals surface area contributed by atoms with E-state index in [1.165, 1.54) is 35.1 Å². The molecule has 17 heavy (non-hydrogen) atoms. The van der Waals surface area contributed by atoms with Gasteiger partial charge in [-0.3, -0.25) is 4.90 Å². The molecule has 0 spiro atoms. The van der Waals surface area contributed by atoms with Crippen LogP contribution in [-0.4, -0.2) is 29.2 Å². The molecule has 0 bridgehead atoms. The summed E-state index contributed by atoms with van der Waals surface area (Å²) in [5.74, 6) is 0. The number of hydrogen-bond acceptors (Lipinski definition) is 2. The Labute approximate surface area is 104 Å². The first-order valence-corrected chi connectivity index (χ1v) is 6.53. The largest absolute Gasteiger partial charge is 0.395 e. The Morgan fingerprint density at radius 1 is 1.18 bits per heavy atom. The average Bonchev–Trinajstić information content (AvgIpc) is 3.05. The van der Waals surface area contributed by atoms with E-state index in [0.717, 1.165) is 13.1 Å². The third-order valence-corrected chi connectivity index (χ3v) is 3.65. The van der Waals surface area contributed by atoms with Crippen molar-refractivity contribution in [2.24, 2.45) is 0 Å². The number of hydrogen-bond donors (Lipinski definition) is 1. The van der Waals surface area contributed by atoms with Crippen LogP contribution in [0, 0.1) is 20.8 Å². The maximum absolute atomic E-state index is 9.13. The van der Waals surface area contributed by atoms with Crippen LogP contribution in [0.2, 0.25) is 0 Å². The summed E-state index contributed by atoms with van der Waals surface area (Å²) in [5, 5.41) is 9.13. The summed E-state index contributed by atoms with van der Waals surface area (Å²) in [6.45, 7) is 8.59. The van der Waals surface area contributed by atoms with E-state index in [1.54, 1.807) is 0 Å². The summed E-state index contributed by atoms with van der Waals surface area (Å²) in [7, 11) is 0.